The van der Waals surface area contributed by atoms with Gasteiger partial charge in [0.1, 0.15) is 0 Å². The lowest BCUT2D eigenvalue weighted by atomic mass is 9.85. The Balaban J connectivity index is 0.000000845. The number of hydrogen-bond donors (Lipinski definition) is 2. The molecule has 0 aromatic carbocycles. The first-order valence-electron chi connectivity index (χ1n) is 4.85. The van der Waals surface area contributed by atoms with E-state index in [4.69, 9.17) is 0 Å². The zero-order valence-corrected chi connectivity index (χ0v) is 8.94. The summed E-state index contributed by atoms with van der Waals surface area (Å²) in [4.78, 5) is 2.29. The summed E-state index contributed by atoms with van der Waals surface area (Å²) in [6.45, 7) is 3.20. The number of nitrogens with one attached hydrogen (secondary N) is 1. The molecule has 0 aliphatic carbocycles. The zero-order chi connectivity index (χ0) is 8.60. The SMILES string of the molecule is CN1CCC2(C1)NCCCC2O.Cl. The van der Waals surface area contributed by atoms with E-state index in [-0.39, 0.29) is 24.0 Å². The maximum atomic E-state index is 9.89. The lowest BCUT2D eigenvalue weighted by molar-refractivity contribution is 0.0362. The number of halogens is 1. The van der Waals surface area contributed by atoms with Crippen molar-refractivity contribution in [2.24, 2.45) is 0 Å². The second-order valence-electron chi connectivity index (χ2n) is 4.23. The van der Waals surface area contributed by atoms with E-state index in [1.165, 1.54) is 0 Å². The Kier molecular flexibility index (Phi) is 3.57. The molecule has 2 aliphatic rings. The van der Waals surface area contributed by atoms with Gasteiger partial charge in [0.15, 0.2) is 0 Å². The zero-order valence-electron chi connectivity index (χ0n) is 8.12. The first-order chi connectivity index (χ1) is 5.73. The molecule has 0 aromatic heterocycles. The number of likely N-dealkylation sites (tertiary alicyclic amines) is 1. The van der Waals surface area contributed by atoms with Gasteiger partial charge in [-0.15, -0.1) is 12.4 Å². The predicted molar refractivity (Wildman–Crippen MR) is 55.3 cm³/mol. The molecular weight excluding hydrogens is 188 g/mol. The minimum Gasteiger partial charge on any atom is -0.391 e. The van der Waals surface area contributed by atoms with Crippen molar-refractivity contribution in [3.05, 3.63) is 0 Å². The van der Waals surface area contributed by atoms with Crippen LogP contribution in [0.25, 0.3) is 0 Å². The summed E-state index contributed by atoms with van der Waals surface area (Å²) >= 11 is 0. The first-order valence-corrected chi connectivity index (χ1v) is 4.85. The highest BCUT2D eigenvalue weighted by atomic mass is 35.5. The molecule has 2 unspecified atom stereocenters. The van der Waals surface area contributed by atoms with Gasteiger partial charge in [0.25, 0.3) is 0 Å². The van der Waals surface area contributed by atoms with E-state index in [0.29, 0.717) is 0 Å². The van der Waals surface area contributed by atoms with Gasteiger partial charge in [0, 0.05) is 6.54 Å². The standard InChI is InChI=1S/C9H18N2O.ClH/c1-11-6-4-9(7-11)8(12)3-2-5-10-9;/h8,10,12H,2-7H2,1H3;1H. The molecule has 0 aromatic rings. The fraction of sp³-hybridized carbons (Fsp3) is 1.00. The summed E-state index contributed by atoms with van der Waals surface area (Å²) < 4.78 is 0. The van der Waals surface area contributed by atoms with Crippen LogP contribution in [0.3, 0.4) is 0 Å². The Morgan fingerprint density at radius 1 is 1.54 bits per heavy atom. The van der Waals surface area contributed by atoms with Crippen LogP contribution >= 0.6 is 12.4 Å². The fourth-order valence-electron chi connectivity index (χ4n) is 2.47. The van der Waals surface area contributed by atoms with Gasteiger partial charge in [-0.05, 0) is 39.4 Å². The maximum absolute atomic E-state index is 9.89. The highest BCUT2D eigenvalue weighted by Crippen LogP contribution is 2.28. The Morgan fingerprint density at radius 2 is 2.31 bits per heavy atom. The molecular formula is C9H19ClN2O. The number of aliphatic hydroxyl groups excluding tert-OH is 1. The number of aliphatic hydroxyl groups is 1. The smallest absolute Gasteiger partial charge is 0.0735 e. The van der Waals surface area contributed by atoms with Crippen molar-refractivity contribution in [1.82, 2.24) is 10.2 Å². The van der Waals surface area contributed by atoms with Crippen LogP contribution in [-0.4, -0.2) is 48.3 Å². The van der Waals surface area contributed by atoms with Gasteiger partial charge in [0.2, 0.25) is 0 Å². The number of piperidine rings is 1. The molecule has 0 saturated carbocycles. The summed E-state index contributed by atoms with van der Waals surface area (Å²) in [5.74, 6) is 0. The van der Waals surface area contributed by atoms with E-state index in [1.54, 1.807) is 0 Å². The third kappa shape index (κ3) is 1.99. The lowest BCUT2D eigenvalue weighted by Crippen LogP contribution is -2.59. The molecule has 3 nitrogen and oxygen atoms in total. The normalized spacial score (nSPS) is 40.6. The van der Waals surface area contributed by atoms with Crippen LogP contribution in [0.15, 0.2) is 0 Å². The summed E-state index contributed by atoms with van der Waals surface area (Å²) in [6, 6.07) is 0. The van der Waals surface area contributed by atoms with E-state index in [2.05, 4.69) is 17.3 Å². The molecule has 1 spiro atoms. The van der Waals surface area contributed by atoms with Crippen molar-refractivity contribution in [2.75, 3.05) is 26.7 Å². The van der Waals surface area contributed by atoms with Crippen LogP contribution in [0.4, 0.5) is 0 Å². The first kappa shape index (κ1) is 11.2. The molecule has 2 atom stereocenters. The quantitative estimate of drug-likeness (QED) is 0.596. The highest BCUT2D eigenvalue weighted by molar-refractivity contribution is 5.85. The maximum Gasteiger partial charge on any atom is 0.0735 e. The van der Waals surface area contributed by atoms with Gasteiger partial charge in [-0.3, -0.25) is 0 Å². The van der Waals surface area contributed by atoms with Crippen LogP contribution in [-0.2, 0) is 0 Å². The molecule has 13 heavy (non-hydrogen) atoms. The van der Waals surface area contributed by atoms with E-state index in [9.17, 15) is 5.11 Å². The van der Waals surface area contributed by atoms with Crippen LogP contribution in [0.2, 0.25) is 0 Å². The van der Waals surface area contributed by atoms with Crippen molar-refractivity contribution in [1.29, 1.82) is 0 Å². The average Bonchev–Trinajstić information content (AvgIpc) is 2.41. The summed E-state index contributed by atoms with van der Waals surface area (Å²) in [5.41, 5.74) is 0.0347. The molecule has 2 N–H and O–H groups in total. The van der Waals surface area contributed by atoms with E-state index in [0.717, 1.165) is 38.9 Å². The fourth-order valence-corrected chi connectivity index (χ4v) is 2.47. The van der Waals surface area contributed by atoms with Crippen LogP contribution < -0.4 is 5.32 Å². The van der Waals surface area contributed by atoms with Crippen molar-refractivity contribution < 1.29 is 5.11 Å². The highest BCUT2D eigenvalue weighted by Gasteiger charge is 2.43. The lowest BCUT2D eigenvalue weighted by Gasteiger charge is -2.39. The van der Waals surface area contributed by atoms with Gasteiger partial charge in [-0.2, -0.15) is 0 Å². The summed E-state index contributed by atoms with van der Waals surface area (Å²) in [6.07, 6.45) is 3.06. The summed E-state index contributed by atoms with van der Waals surface area (Å²) in [7, 11) is 2.12. The number of hydrogen-bond acceptors (Lipinski definition) is 3. The molecule has 2 fully saturated rings. The van der Waals surface area contributed by atoms with E-state index in [1.807, 2.05) is 0 Å². The molecule has 4 heteroatoms. The topological polar surface area (TPSA) is 35.5 Å². The largest absolute Gasteiger partial charge is 0.391 e. The number of likely N-dealkylation sites (N-methyl/N-ethyl adjacent to an activating group) is 1. The van der Waals surface area contributed by atoms with Crippen LogP contribution in [0.1, 0.15) is 19.3 Å². The van der Waals surface area contributed by atoms with Gasteiger partial charge < -0.3 is 15.3 Å². The molecule has 0 amide bonds. The monoisotopic (exact) mass is 206 g/mol. The van der Waals surface area contributed by atoms with Gasteiger partial charge >= 0.3 is 0 Å². The Hall–Kier alpha value is 0.170. The van der Waals surface area contributed by atoms with E-state index < -0.39 is 0 Å². The minimum absolute atomic E-state index is 0. The third-order valence-corrected chi connectivity index (χ3v) is 3.26. The second-order valence-corrected chi connectivity index (χ2v) is 4.23. The van der Waals surface area contributed by atoms with Gasteiger partial charge in [0.05, 0.1) is 11.6 Å². The molecule has 2 heterocycles. The average molecular weight is 207 g/mol. The molecule has 2 rings (SSSR count). The van der Waals surface area contributed by atoms with Gasteiger partial charge in [-0.25, -0.2) is 0 Å². The van der Waals surface area contributed by atoms with E-state index >= 15 is 0 Å². The molecule has 0 bridgehead atoms. The number of nitrogens with zero attached hydrogens (tertiary/aromatic N) is 1. The second kappa shape index (κ2) is 4.13. The van der Waals surface area contributed by atoms with Crippen molar-refractivity contribution in [3.63, 3.8) is 0 Å². The van der Waals surface area contributed by atoms with Crippen molar-refractivity contribution in [2.45, 2.75) is 30.9 Å². The molecule has 2 saturated heterocycles. The summed E-state index contributed by atoms with van der Waals surface area (Å²) in [5, 5.41) is 13.4. The van der Waals surface area contributed by atoms with Crippen LogP contribution in [0, 0.1) is 0 Å². The molecule has 78 valence electrons. The van der Waals surface area contributed by atoms with Crippen LogP contribution in [0.5, 0.6) is 0 Å². The van der Waals surface area contributed by atoms with Crippen molar-refractivity contribution >= 4 is 12.4 Å². The number of rotatable bonds is 0. The molecule has 2 aliphatic heterocycles. The Labute approximate surface area is 85.9 Å². The van der Waals surface area contributed by atoms with Crippen molar-refractivity contribution in [3.8, 4) is 0 Å². The van der Waals surface area contributed by atoms with Gasteiger partial charge in [-0.1, -0.05) is 0 Å². The Morgan fingerprint density at radius 3 is 2.85 bits per heavy atom. The molecule has 0 radical (unpaired) electrons. The Bertz CT molecular complexity index is 175. The third-order valence-electron chi connectivity index (χ3n) is 3.26. The predicted octanol–water partition coefficient (Wildman–Crippen LogP) is 0.227. The minimum atomic E-state index is -0.129.